The van der Waals surface area contributed by atoms with E-state index in [9.17, 15) is 0 Å². The van der Waals surface area contributed by atoms with Crippen molar-refractivity contribution in [1.82, 2.24) is 5.32 Å². The van der Waals surface area contributed by atoms with Crippen molar-refractivity contribution in [3.8, 4) is 0 Å². The molecular weight excluding hydrogens is 110 g/mol. The fourth-order valence-electron chi connectivity index (χ4n) is 1.86. The van der Waals surface area contributed by atoms with Gasteiger partial charge in [-0.05, 0) is 31.2 Å². The van der Waals surface area contributed by atoms with Gasteiger partial charge in [0, 0.05) is 6.54 Å². The quantitative estimate of drug-likeness (QED) is 0.477. The first-order chi connectivity index (χ1) is 4.45. The highest BCUT2D eigenvalue weighted by Gasteiger charge is 2.21. The lowest BCUT2D eigenvalue weighted by Crippen LogP contribution is -2.36. The molecule has 1 saturated heterocycles. The van der Waals surface area contributed by atoms with Gasteiger partial charge in [-0.15, -0.1) is 0 Å². The van der Waals surface area contributed by atoms with Crippen molar-refractivity contribution in [2.75, 3.05) is 13.1 Å². The van der Waals surface area contributed by atoms with Crippen LogP contribution in [0, 0.1) is 11.8 Å². The predicted molar refractivity (Wildman–Crippen MR) is 38.2 cm³/mol. The predicted octanol–water partition coefficient (Wildman–Crippen LogP) is 1.17. The van der Waals surface area contributed by atoms with E-state index < -0.39 is 0 Å². The maximum absolute atomic E-state index is 3.44. The summed E-state index contributed by atoms with van der Waals surface area (Å²) in [5, 5.41) is 3.44. The Balaban J connectivity index is 2.09. The molecule has 0 aromatic heterocycles. The average molecular weight is 123 g/mol. The van der Waals surface area contributed by atoms with E-state index in [1.165, 1.54) is 25.9 Å². The monoisotopic (exact) mass is 123 g/mol. The van der Waals surface area contributed by atoms with E-state index >= 15 is 0 Å². The second-order valence-corrected chi connectivity index (χ2v) is 3.18. The molecule has 0 spiro atoms. The van der Waals surface area contributed by atoms with Crippen LogP contribution in [0.15, 0.2) is 12.2 Å². The van der Waals surface area contributed by atoms with Gasteiger partial charge in [-0.3, -0.25) is 0 Å². The van der Waals surface area contributed by atoms with Gasteiger partial charge in [-0.25, -0.2) is 0 Å². The first kappa shape index (κ1) is 5.48. The van der Waals surface area contributed by atoms with E-state index in [4.69, 9.17) is 0 Å². The fourth-order valence-corrected chi connectivity index (χ4v) is 1.86. The molecule has 2 bridgehead atoms. The molecular formula is C8H13N. The zero-order valence-corrected chi connectivity index (χ0v) is 5.64. The zero-order chi connectivity index (χ0) is 6.10. The summed E-state index contributed by atoms with van der Waals surface area (Å²) in [7, 11) is 0. The highest BCUT2D eigenvalue weighted by molar-refractivity contribution is 4.99. The van der Waals surface area contributed by atoms with Gasteiger partial charge in [0.25, 0.3) is 0 Å². The molecule has 1 fully saturated rings. The highest BCUT2D eigenvalue weighted by atomic mass is 14.9. The molecule has 2 atom stereocenters. The number of allylic oxidation sites excluding steroid dienone is 1. The minimum atomic E-state index is 0.859. The molecule has 1 aliphatic heterocycles. The Morgan fingerprint density at radius 2 is 2.33 bits per heavy atom. The lowest BCUT2D eigenvalue weighted by Gasteiger charge is -2.30. The molecule has 1 N–H and O–H groups in total. The van der Waals surface area contributed by atoms with E-state index in [-0.39, 0.29) is 0 Å². The van der Waals surface area contributed by atoms with Gasteiger partial charge in [-0.1, -0.05) is 12.2 Å². The van der Waals surface area contributed by atoms with Crippen LogP contribution in [0.4, 0.5) is 0 Å². The van der Waals surface area contributed by atoms with Crippen LogP contribution in [0.3, 0.4) is 0 Å². The van der Waals surface area contributed by atoms with Gasteiger partial charge >= 0.3 is 0 Å². The Morgan fingerprint density at radius 1 is 1.33 bits per heavy atom. The van der Waals surface area contributed by atoms with Crippen LogP contribution in [0.5, 0.6) is 0 Å². The topological polar surface area (TPSA) is 12.0 Å². The van der Waals surface area contributed by atoms with Crippen LogP contribution in [0.1, 0.15) is 12.8 Å². The molecule has 0 radical (unpaired) electrons. The van der Waals surface area contributed by atoms with E-state index in [1.807, 2.05) is 0 Å². The Bertz CT molecular complexity index is 129. The van der Waals surface area contributed by atoms with Crippen molar-refractivity contribution in [2.24, 2.45) is 11.8 Å². The Kier molecular flexibility index (Phi) is 1.31. The third-order valence-electron chi connectivity index (χ3n) is 2.35. The Labute approximate surface area is 56.1 Å². The van der Waals surface area contributed by atoms with Crippen LogP contribution in [-0.2, 0) is 0 Å². The normalized spacial score (nSPS) is 40.9. The molecule has 2 aliphatic rings. The first-order valence-corrected chi connectivity index (χ1v) is 3.82. The summed E-state index contributed by atoms with van der Waals surface area (Å²) < 4.78 is 0. The van der Waals surface area contributed by atoms with Crippen molar-refractivity contribution in [1.29, 1.82) is 0 Å². The van der Waals surface area contributed by atoms with Crippen molar-refractivity contribution in [3.63, 3.8) is 0 Å². The molecule has 0 amide bonds. The second kappa shape index (κ2) is 2.14. The van der Waals surface area contributed by atoms with Crippen LogP contribution >= 0.6 is 0 Å². The lowest BCUT2D eigenvalue weighted by molar-refractivity contribution is 0.311. The number of fused-ring (bicyclic) bond motifs is 2. The molecule has 0 aromatic rings. The molecule has 0 aromatic carbocycles. The van der Waals surface area contributed by atoms with E-state index in [2.05, 4.69) is 17.5 Å². The fraction of sp³-hybridized carbons (Fsp3) is 0.750. The van der Waals surface area contributed by atoms with Gasteiger partial charge in [0.15, 0.2) is 0 Å². The largest absolute Gasteiger partial charge is 0.316 e. The van der Waals surface area contributed by atoms with Crippen molar-refractivity contribution < 1.29 is 0 Å². The molecule has 1 heterocycles. The van der Waals surface area contributed by atoms with Crippen LogP contribution < -0.4 is 5.32 Å². The summed E-state index contributed by atoms with van der Waals surface area (Å²) in [6.45, 7) is 2.47. The molecule has 1 nitrogen and oxygen atoms in total. The van der Waals surface area contributed by atoms with E-state index in [1.54, 1.807) is 0 Å². The van der Waals surface area contributed by atoms with E-state index in [0.29, 0.717) is 0 Å². The number of piperidine rings is 1. The smallest absolute Gasteiger partial charge is 0.00144 e. The third-order valence-corrected chi connectivity index (χ3v) is 2.35. The van der Waals surface area contributed by atoms with Gasteiger partial charge < -0.3 is 5.32 Å². The van der Waals surface area contributed by atoms with Crippen molar-refractivity contribution in [3.05, 3.63) is 12.2 Å². The zero-order valence-electron chi connectivity index (χ0n) is 5.64. The van der Waals surface area contributed by atoms with Crippen molar-refractivity contribution in [2.45, 2.75) is 12.8 Å². The maximum Gasteiger partial charge on any atom is 0.00144 e. The number of hydrogen-bond acceptors (Lipinski definition) is 1. The first-order valence-electron chi connectivity index (χ1n) is 3.82. The van der Waals surface area contributed by atoms with Crippen LogP contribution in [-0.4, -0.2) is 13.1 Å². The Morgan fingerprint density at radius 3 is 3.11 bits per heavy atom. The molecule has 1 aliphatic carbocycles. The highest BCUT2D eigenvalue weighted by Crippen LogP contribution is 2.25. The van der Waals surface area contributed by atoms with Gasteiger partial charge in [0.2, 0.25) is 0 Å². The van der Waals surface area contributed by atoms with Crippen LogP contribution in [0.2, 0.25) is 0 Å². The van der Waals surface area contributed by atoms with Gasteiger partial charge in [0.05, 0.1) is 0 Å². The number of rotatable bonds is 0. The van der Waals surface area contributed by atoms with Crippen molar-refractivity contribution >= 4 is 0 Å². The van der Waals surface area contributed by atoms with Gasteiger partial charge in [0.1, 0.15) is 0 Å². The molecule has 2 rings (SSSR count). The Hall–Kier alpha value is -0.300. The van der Waals surface area contributed by atoms with E-state index in [0.717, 1.165) is 11.8 Å². The summed E-state index contributed by atoms with van der Waals surface area (Å²) in [6.07, 6.45) is 7.45. The summed E-state index contributed by atoms with van der Waals surface area (Å²) in [5.74, 6) is 1.81. The maximum atomic E-state index is 3.44. The molecule has 1 heteroatoms. The summed E-state index contributed by atoms with van der Waals surface area (Å²) in [5.41, 5.74) is 0. The molecule has 0 unspecified atom stereocenters. The number of nitrogens with one attached hydrogen (secondary N) is 1. The third kappa shape index (κ3) is 1.01. The summed E-state index contributed by atoms with van der Waals surface area (Å²) in [4.78, 5) is 0. The minimum absolute atomic E-state index is 0.859. The standard InChI is InChI=1S/C8H13N/c1-2-7-4-8(3-1)6-9-5-7/h1-2,7-9H,3-6H2/t7-,8+/m0/s1. The number of hydrogen-bond donors (Lipinski definition) is 1. The summed E-state index contributed by atoms with van der Waals surface area (Å²) in [6, 6.07) is 0. The molecule has 50 valence electrons. The molecule has 9 heavy (non-hydrogen) atoms. The van der Waals surface area contributed by atoms with Crippen LogP contribution in [0.25, 0.3) is 0 Å². The lowest BCUT2D eigenvalue weighted by atomic mass is 9.84. The minimum Gasteiger partial charge on any atom is -0.316 e. The summed E-state index contributed by atoms with van der Waals surface area (Å²) >= 11 is 0. The average Bonchev–Trinajstić information content (AvgIpc) is 1.88. The SMILES string of the molecule is C1=C[C@@H]2CNC[C@H](C1)C2. The van der Waals surface area contributed by atoms with Gasteiger partial charge in [-0.2, -0.15) is 0 Å². The molecule has 0 saturated carbocycles. The second-order valence-electron chi connectivity index (χ2n) is 3.18.